The third kappa shape index (κ3) is 4.96. The molecule has 2 aromatic rings. The molecule has 0 bridgehead atoms. The maximum absolute atomic E-state index is 13.3. The molecule has 0 aliphatic heterocycles. The van der Waals surface area contributed by atoms with E-state index in [4.69, 9.17) is 4.74 Å². The molecular weight excluding hydrogens is 388 g/mol. The maximum atomic E-state index is 13.3. The molecular formula is C22H30N2O4S. The van der Waals surface area contributed by atoms with Gasteiger partial charge in [0, 0.05) is 24.3 Å². The second-order valence-electron chi connectivity index (χ2n) is 7.38. The van der Waals surface area contributed by atoms with Crippen LogP contribution in [0.15, 0.2) is 17.5 Å². The Labute approximate surface area is 176 Å². The van der Waals surface area contributed by atoms with Crippen molar-refractivity contribution in [3.05, 3.63) is 44.9 Å². The Kier molecular flexibility index (Phi) is 7.79. The van der Waals surface area contributed by atoms with E-state index >= 15 is 0 Å². The van der Waals surface area contributed by atoms with Gasteiger partial charge in [0.1, 0.15) is 5.69 Å². The zero-order valence-electron chi connectivity index (χ0n) is 18.1. The number of carbonyl (C=O) groups excluding carboxylic acids is 3. The van der Waals surface area contributed by atoms with Gasteiger partial charge in [-0.2, -0.15) is 0 Å². The molecule has 0 unspecified atom stereocenters. The lowest BCUT2D eigenvalue weighted by Crippen LogP contribution is -2.38. The Morgan fingerprint density at radius 1 is 1.21 bits per heavy atom. The molecule has 0 saturated heterocycles. The Balaban J connectivity index is 2.39. The number of aromatic nitrogens is 1. The Bertz CT molecular complexity index is 881. The third-order valence-corrected chi connectivity index (χ3v) is 5.63. The summed E-state index contributed by atoms with van der Waals surface area (Å²) < 4.78 is 7.00. The number of hydrogen-bond donors (Lipinski definition) is 0. The van der Waals surface area contributed by atoms with Crippen LogP contribution >= 0.6 is 11.3 Å². The lowest BCUT2D eigenvalue weighted by molar-refractivity contribution is 0.0512. The molecule has 0 fully saturated rings. The Morgan fingerprint density at radius 2 is 1.90 bits per heavy atom. The van der Waals surface area contributed by atoms with E-state index in [9.17, 15) is 14.4 Å². The highest BCUT2D eigenvalue weighted by Gasteiger charge is 2.29. The van der Waals surface area contributed by atoms with Crippen molar-refractivity contribution in [2.75, 3.05) is 19.7 Å². The van der Waals surface area contributed by atoms with Gasteiger partial charge in [-0.05, 0) is 50.6 Å². The first-order valence-electron chi connectivity index (χ1n) is 9.95. The summed E-state index contributed by atoms with van der Waals surface area (Å²) in [7, 11) is 0. The molecule has 0 spiro atoms. The summed E-state index contributed by atoms with van der Waals surface area (Å²) in [5.74, 6) is -0.506. The van der Waals surface area contributed by atoms with Crippen LogP contribution in [0, 0.1) is 19.8 Å². The summed E-state index contributed by atoms with van der Waals surface area (Å²) in [5, 5.41) is 1.85. The molecule has 0 N–H and O–H groups in total. The van der Waals surface area contributed by atoms with Gasteiger partial charge >= 0.3 is 5.97 Å². The molecule has 0 atom stereocenters. The largest absolute Gasteiger partial charge is 0.461 e. The zero-order chi connectivity index (χ0) is 21.7. The number of nitrogens with zero attached hydrogens (tertiary/aromatic N) is 2. The Hall–Kier alpha value is -2.41. The highest BCUT2D eigenvalue weighted by atomic mass is 32.1. The average Bonchev–Trinajstić information content (AvgIpc) is 3.26. The first-order valence-corrected chi connectivity index (χ1v) is 10.8. The minimum atomic E-state index is -0.428. The predicted molar refractivity (Wildman–Crippen MR) is 115 cm³/mol. The van der Waals surface area contributed by atoms with Crippen LogP contribution in [-0.4, -0.2) is 46.8 Å². The van der Waals surface area contributed by atoms with E-state index in [-0.39, 0.29) is 30.8 Å². The molecule has 6 nitrogen and oxygen atoms in total. The summed E-state index contributed by atoms with van der Waals surface area (Å²) in [6, 6.07) is 3.60. The van der Waals surface area contributed by atoms with Crippen LogP contribution in [0.5, 0.6) is 0 Å². The van der Waals surface area contributed by atoms with Gasteiger partial charge < -0.3 is 14.2 Å². The van der Waals surface area contributed by atoms with Crippen molar-refractivity contribution >= 4 is 29.0 Å². The number of hydrogen-bond acceptors (Lipinski definition) is 5. The van der Waals surface area contributed by atoms with Crippen LogP contribution in [0.3, 0.4) is 0 Å². The fraction of sp³-hybridized carbons (Fsp3) is 0.500. The van der Waals surface area contributed by atoms with E-state index in [2.05, 4.69) is 0 Å². The minimum absolute atomic E-state index is 0.0212. The topological polar surface area (TPSA) is 68.6 Å². The molecule has 2 rings (SSSR count). The van der Waals surface area contributed by atoms with Gasteiger partial charge in [-0.1, -0.05) is 19.9 Å². The summed E-state index contributed by atoms with van der Waals surface area (Å²) in [5.41, 5.74) is 2.25. The molecule has 158 valence electrons. The number of esters is 1. The molecule has 29 heavy (non-hydrogen) atoms. The SMILES string of the molecule is CCOC(=O)c1c(C)c(C(=O)CN(CC(C)C)C(=O)c2cccs2)c(C)n1CC. The van der Waals surface area contributed by atoms with Crippen LogP contribution in [0.4, 0.5) is 0 Å². The van der Waals surface area contributed by atoms with E-state index in [0.29, 0.717) is 34.8 Å². The first kappa shape index (κ1) is 22.9. The first-order chi connectivity index (χ1) is 13.7. The van der Waals surface area contributed by atoms with Crippen molar-refractivity contribution in [2.45, 2.75) is 48.1 Å². The number of carbonyl (C=O) groups is 3. The van der Waals surface area contributed by atoms with Gasteiger partial charge in [-0.25, -0.2) is 4.79 Å². The van der Waals surface area contributed by atoms with Crippen LogP contribution < -0.4 is 0 Å². The number of rotatable bonds is 9. The zero-order valence-corrected chi connectivity index (χ0v) is 18.9. The lowest BCUT2D eigenvalue weighted by Gasteiger charge is -2.23. The second kappa shape index (κ2) is 9.87. The van der Waals surface area contributed by atoms with Crippen molar-refractivity contribution in [3.63, 3.8) is 0 Å². The normalized spacial score (nSPS) is 11.0. The number of ether oxygens (including phenoxy) is 1. The van der Waals surface area contributed by atoms with Crippen LogP contribution in [-0.2, 0) is 11.3 Å². The lowest BCUT2D eigenvalue weighted by atomic mass is 10.0. The fourth-order valence-corrected chi connectivity index (χ4v) is 4.32. The van der Waals surface area contributed by atoms with Crippen LogP contribution in [0.25, 0.3) is 0 Å². The van der Waals surface area contributed by atoms with Gasteiger partial charge in [-0.3, -0.25) is 9.59 Å². The molecule has 0 aromatic carbocycles. The van der Waals surface area contributed by atoms with Gasteiger partial charge in [0.15, 0.2) is 5.78 Å². The van der Waals surface area contributed by atoms with E-state index in [1.165, 1.54) is 11.3 Å². The summed E-state index contributed by atoms with van der Waals surface area (Å²) in [4.78, 5) is 40.8. The molecule has 2 heterocycles. The van der Waals surface area contributed by atoms with E-state index in [1.807, 2.05) is 43.7 Å². The number of ketones is 1. The van der Waals surface area contributed by atoms with Gasteiger partial charge in [-0.15, -0.1) is 11.3 Å². The molecule has 0 aliphatic rings. The minimum Gasteiger partial charge on any atom is -0.461 e. The predicted octanol–water partition coefficient (Wildman–Crippen LogP) is 4.34. The summed E-state index contributed by atoms with van der Waals surface area (Å²) >= 11 is 1.37. The van der Waals surface area contributed by atoms with Crippen molar-refractivity contribution in [3.8, 4) is 0 Å². The standard InChI is InChI=1S/C22H30N2O4S/c1-7-24-16(6)19(15(5)20(24)22(27)28-8-2)17(25)13-23(12-14(3)4)21(26)18-10-9-11-29-18/h9-11,14H,7-8,12-13H2,1-6H3. The molecule has 2 aromatic heterocycles. The molecule has 0 saturated carbocycles. The molecule has 1 amide bonds. The van der Waals surface area contributed by atoms with Gasteiger partial charge in [0.25, 0.3) is 5.91 Å². The highest BCUT2D eigenvalue weighted by Crippen LogP contribution is 2.25. The van der Waals surface area contributed by atoms with Crippen molar-refractivity contribution in [1.29, 1.82) is 0 Å². The highest BCUT2D eigenvalue weighted by molar-refractivity contribution is 7.12. The molecule has 0 radical (unpaired) electrons. The monoisotopic (exact) mass is 418 g/mol. The van der Waals surface area contributed by atoms with Crippen LogP contribution in [0.2, 0.25) is 0 Å². The number of Topliss-reactive ketones (excluding diaryl/α,β-unsaturated/α-hetero) is 1. The Morgan fingerprint density at radius 3 is 2.41 bits per heavy atom. The fourth-order valence-electron chi connectivity index (χ4n) is 3.63. The van der Waals surface area contributed by atoms with E-state index in [0.717, 1.165) is 5.69 Å². The smallest absolute Gasteiger partial charge is 0.355 e. The average molecular weight is 419 g/mol. The summed E-state index contributed by atoms with van der Waals surface area (Å²) in [6.07, 6.45) is 0. The van der Waals surface area contributed by atoms with Gasteiger partial charge in [0.2, 0.25) is 0 Å². The van der Waals surface area contributed by atoms with Gasteiger partial charge in [0.05, 0.1) is 18.0 Å². The number of amides is 1. The quantitative estimate of drug-likeness (QED) is 0.449. The third-order valence-electron chi connectivity index (χ3n) is 4.77. The summed E-state index contributed by atoms with van der Waals surface area (Å²) in [6.45, 7) is 12.6. The van der Waals surface area contributed by atoms with Crippen molar-refractivity contribution in [1.82, 2.24) is 9.47 Å². The van der Waals surface area contributed by atoms with Crippen LogP contribution in [0.1, 0.15) is 69.5 Å². The second-order valence-corrected chi connectivity index (χ2v) is 8.33. The maximum Gasteiger partial charge on any atom is 0.355 e. The number of thiophene rings is 1. The van der Waals surface area contributed by atoms with E-state index in [1.54, 1.807) is 24.8 Å². The van der Waals surface area contributed by atoms with Crippen molar-refractivity contribution in [2.24, 2.45) is 5.92 Å². The van der Waals surface area contributed by atoms with E-state index < -0.39 is 5.97 Å². The molecule has 0 aliphatic carbocycles. The molecule has 7 heteroatoms. The van der Waals surface area contributed by atoms with Crippen molar-refractivity contribution < 1.29 is 19.1 Å².